The van der Waals surface area contributed by atoms with Gasteiger partial charge in [-0.2, -0.15) is 8.78 Å². The summed E-state index contributed by atoms with van der Waals surface area (Å²) in [6, 6.07) is 11.6. The maximum atomic E-state index is 13.1. The smallest absolute Gasteiger partial charge is 0.387 e. The van der Waals surface area contributed by atoms with Gasteiger partial charge in [0.2, 0.25) is 5.91 Å². The monoisotopic (exact) mass is 514 g/mol. The van der Waals surface area contributed by atoms with Crippen molar-refractivity contribution in [2.75, 3.05) is 52.3 Å². The molecule has 2 heterocycles. The van der Waals surface area contributed by atoms with Gasteiger partial charge < -0.3 is 24.6 Å². The van der Waals surface area contributed by atoms with Crippen LogP contribution in [0.5, 0.6) is 11.5 Å². The molecule has 2 atom stereocenters. The average Bonchev–Trinajstić information content (AvgIpc) is 3.02. The normalized spacial score (nSPS) is 20.2. The highest BCUT2D eigenvalue weighted by molar-refractivity contribution is 6.14. The molecule has 2 unspecified atom stereocenters. The van der Waals surface area contributed by atoms with Gasteiger partial charge in [0.1, 0.15) is 0 Å². The second-order valence-corrected chi connectivity index (χ2v) is 9.81. The van der Waals surface area contributed by atoms with E-state index in [1.54, 1.807) is 19.2 Å². The number of hydrogen-bond acceptors (Lipinski definition) is 6. The number of piperazine rings is 1. The van der Waals surface area contributed by atoms with Gasteiger partial charge in [-0.05, 0) is 55.6 Å². The molecule has 1 N–H and O–H groups in total. The summed E-state index contributed by atoms with van der Waals surface area (Å²) in [5.41, 5.74) is 4.57. The van der Waals surface area contributed by atoms with Gasteiger partial charge in [-0.1, -0.05) is 19.1 Å². The largest absolute Gasteiger partial charge is 0.493 e. The Morgan fingerprint density at radius 1 is 1.14 bits per heavy atom. The molecule has 9 heteroatoms. The number of hydrogen-bond donors (Lipinski definition) is 1. The van der Waals surface area contributed by atoms with Crippen LogP contribution in [0.25, 0.3) is 0 Å². The quantitative estimate of drug-likeness (QED) is 0.578. The van der Waals surface area contributed by atoms with Crippen LogP contribution in [0.2, 0.25) is 0 Å². The minimum atomic E-state index is -2.95. The van der Waals surface area contributed by atoms with Gasteiger partial charge >= 0.3 is 6.61 Å². The van der Waals surface area contributed by atoms with Crippen LogP contribution >= 0.6 is 0 Å². The fourth-order valence-electron chi connectivity index (χ4n) is 5.06. The molecule has 2 aromatic rings. The molecule has 0 aromatic heterocycles. The zero-order valence-electron chi connectivity index (χ0n) is 22.0. The predicted molar refractivity (Wildman–Crippen MR) is 141 cm³/mol. The van der Waals surface area contributed by atoms with E-state index < -0.39 is 6.61 Å². The first-order valence-electron chi connectivity index (χ1n) is 12.8. The Labute approximate surface area is 217 Å². The van der Waals surface area contributed by atoms with Crippen LogP contribution in [0.15, 0.2) is 41.4 Å². The van der Waals surface area contributed by atoms with Crippen LogP contribution < -0.4 is 19.7 Å². The highest BCUT2D eigenvalue weighted by Crippen LogP contribution is 2.37. The molecule has 2 aromatic carbocycles. The van der Waals surface area contributed by atoms with E-state index in [-0.39, 0.29) is 29.4 Å². The summed E-state index contributed by atoms with van der Waals surface area (Å²) in [6.45, 7) is 3.13. The molecule has 4 rings (SSSR count). The van der Waals surface area contributed by atoms with Crippen LogP contribution in [0.4, 0.5) is 14.5 Å². The van der Waals surface area contributed by atoms with E-state index in [9.17, 15) is 13.6 Å². The fraction of sp³-hybridized carbons (Fsp3) is 0.500. The van der Waals surface area contributed by atoms with Gasteiger partial charge in [-0.15, -0.1) is 0 Å². The molecular weight excluding hydrogens is 478 g/mol. The molecule has 0 saturated carbocycles. The van der Waals surface area contributed by atoms with Crippen molar-refractivity contribution in [2.24, 2.45) is 10.9 Å². The summed E-state index contributed by atoms with van der Waals surface area (Å²) >= 11 is 0. The van der Waals surface area contributed by atoms with Crippen LogP contribution in [0.1, 0.15) is 36.5 Å². The number of alkyl halides is 2. The summed E-state index contributed by atoms with van der Waals surface area (Å²) in [5, 5.41) is 2.68. The molecule has 1 amide bonds. The summed E-state index contributed by atoms with van der Waals surface area (Å²) in [4.78, 5) is 21.8. The summed E-state index contributed by atoms with van der Waals surface area (Å²) < 4.78 is 36.4. The number of methoxy groups -OCH3 is 1. The maximum Gasteiger partial charge on any atom is 0.387 e. The Bertz CT molecular complexity index is 1120. The number of anilines is 1. The van der Waals surface area contributed by atoms with Crippen LogP contribution in [0, 0.1) is 5.92 Å². The first-order chi connectivity index (χ1) is 17.8. The lowest BCUT2D eigenvalue weighted by atomic mass is 9.89. The second kappa shape index (κ2) is 11.9. The van der Waals surface area contributed by atoms with Gasteiger partial charge in [-0.3, -0.25) is 9.79 Å². The minimum absolute atomic E-state index is 0.0111. The molecule has 1 fully saturated rings. The van der Waals surface area contributed by atoms with Crippen molar-refractivity contribution in [1.82, 2.24) is 10.2 Å². The van der Waals surface area contributed by atoms with Crippen molar-refractivity contribution in [3.8, 4) is 11.5 Å². The summed E-state index contributed by atoms with van der Waals surface area (Å²) in [5.74, 6) is 0.309. The van der Waals surface area contributed by atoms with Crippen molar-refractivity contribution in [1.29, 1.82) is 0 Å². The minimum Gasteiger partial charge on any atom is -0.493 e. The molecule has 0 radical (unpaired) electrons. The SMILES string of the molecule is CNC(=O)CCC1N=C(c2ccc(N3CCN(C)CC3)cc2)c2cc(OC)c(OC(F)F)cc2CC1C. The van der Waals surface area contributed by atoms with Crippen LogP contribution in [0.3, 0.4) is 0 Å². The van der Waals surface area contributed by atoms with E-state index in [2.05, 4.69) is 53.4 Å². The zero-order valence-corrected chi connectivity index (χ0v) is 22.0. The van der Waals surface area contributed by atoms with Gasteiger partial charge in [-0.25, -0.2) is 0 Å². The van der Waals surface area contributed by atoms with Crippen molar-refractivity contribution < 1.29 is 23.0 Å². The Balaban J connectivity index is 1.73. The van der Waals surface area contributed by atoms with Gasteiger partial charge in [0, 0.05) is 56.5 Å². The van der Waals surface area contributed by atoms with Crippen molar-refractivity contribution >= 4 is 17.3 Å². The van der Waals surface area contributed by atoms with E-state index >= 15 is 0 Å². The number of carbonyl (C=O) groups is 1. The maximum absolute atomic E-state index is 13.1. The number of carbonyl (C=O) groups excluding carboxylic acids is 1. The highest BCUT2D eigenvalue weighted by Gasteiger charge is 2.28. The van der Waals surface area contributed by atoms with E-state index in [1.165, 1.54) is 7.11 Å². The lowest BCUT2D eigenvalue weighted by molar-refractivity contribution is -0.120. The zero-order chi connectivity index (χ0) is 26.5. The third kappa shape index (κ3) is 6.39. The summed E-state index contributed by atoms with van der Waals surface area (Å²) in [7, 11) is 5.20. The van der Waals surface area contributed by atoms with Gasteiger partial charge in [0.25, 0.3) is 0 Å². The fourth-order valence-corrected chi connectivity index (χ4v) is 5.06. The number of benzene rings is 2. The van der Waals surface area contributed by atoms with Gasteiger partial charge in [0.05, 0.1) is 18.9 Å². The van der Waals surface area contributed by atoms with Crippen molar-refractivity contribution in [2.45, 2.75) is 38.8 Å². The number of fused-ring (bicyclic) bond motifs is 1. The highest BCUT2D eigenvalue weighted by atomic mass is 19.3. The first kappa shape index (κ1) is 26.9. The summed E-state index contributed by atoms with van der Waals surface area (Å²) in [6.07, 6.45) is 1.57. The van der Waals surface area contributed by atoms with E-state index in [0.29, 0.717) is 19.3 Å². The molecule has 0 spiro atoms. The molecular formula is C28H36F2N4O3. The molecule has 1 saturated heterocycles. The van der Waals surface area contributed by atoms with E-state index in [1.807, 2.05) is 0 Å². The Morgan fingerprint density at radius 3 is 2.46 bits per heavy atom. The Morgan fingerprint density at radius 2 is 1.84 bits per heavy atom. The van der Waals surface area contributed by atoms with Crippen LogP contribution in [-0.4, -0.2) is 76.6 Å². The molecule has 0 aliphatic carbocycles. The number of aliphatic imine (C=N–C) groups is 1. The predicted octanol–water partition coefficient (Wildman–Crippen LogP) is 3.97. The molecule has 2 aliphatic rings. The Hall–Kier alpha value is -3.20. The molecule has 7 nitrogen and oxygen atoms in total. The van der Waals surface area contributed by atoms with Crippen molar-refractivity contribution in [3.05, 3.63) is 53.1 Å². The lowest BCUT2D eigenvalue weighted by Gasteiger charge is -2.34. The number of rotatable bonds is 8. The number of likely N-dealkylation sites (N-methyl/N-ethyl adjacent to an activating group) is 1. The third-order valence-corrected chi connectivity index (χ3v) is 7.31. The second-order valence-electron chi connectivity index (χ2n) is 9.81. The molecule has 37 heavy (non-hydrogen) atoms. The first-order valence-corrected chi connectivity index (χ1v) is 12.8. The Kier molecular flexibility index (Phi) is 8.63. The van der Waals surface area contributed by atoms with Crippen LogP contribution in [-0.2, 0) is 11.2 Å². The van der Waals surface area contributed by atoms with E-state index in [4.69, 9.17) is 14.5 Å². The molecule has 200 valence electrons. The van der Waals surface area contributed by atoms with Gasteiger partial charge in [0.15, 0.2) is 11.5 Å². The molecule has 2 aliphatic heterocycles. The number of halogens is 2. The average molecular weight is 515 g/mol. The standard InChI is InChI=1S/C28H36F2N4O3/c1-18-15-20-16-25(37-28(29)30)24(36-4)17-22(20)27(32-23(18)9-10-26(35)31-2)19-5-7-21(8-6-19)34-13-11-33(3)12-14-34/h5-8,16-18,23,28H,9-15H2,1-4H3,(H,31,35). The third-order valence-electron chi connectivity index (χ3n) is 7.31. The molecule has 0 bridgehead atoms. The van der Waals surface area contributed by atoms with Crippen molar-refractivity contribution in [3.63, 3.8) is 0 Å². The number of nitrogens with one attached hydrogen (secondary N) is 1. The number of nitrogens with zero attached hydrogens (tertiary/aromatic N) is 3. The lowest BCUT2D eigenvalue weighted by Crippen LogP contribution is -2.44. The van der Waals surface area contributed by atoms with E-state index in [0.717, 1.165) is 54.3 Å². The number of amides is 1. The number of ether oxygens (including phenoxy) is 2. The topological polar surface area (TPSA) is 66.4 Å².